The molecule has 0 heterocycles. The third-order valence-electron chi connectivity index (χ3n) is 3.55. The SMILES string of the molecule is CCCCC(CC)C(=O)OCCC(C)CC(C)(C)C. The first-order valence-corrected chi connectivity index (χ1v) is 7.96. The Morgan fingerprint density at radius 1 is 1.16 bits per heavy atom. The summed E-state index contributed by atoms with van der Waals surface area (Å²) in [6, 6.07) is 0. The van der Waals surface area contributed by atoms with Crippen molar-refractivity contribution in [1.29, 1.82) is 0 Å². The maximum absolute atomic E-state index is 11.9. The van der Waals surface area contributed by atoms with Gasteiger partial charge in [-0.1, -0.05) is 54.4 Å². The van der Waals surface area contributed by atoms with Crippen molar-refractivity contribution in [2.24, 2.45) is 17.3 Å². The third-order valence-corrected chi connectivity index (χ3v) is 3.55. The predicted octanol–water partition coefficient (Wildman–Crippen LogP) is 5.21. The number of hydrogen-bond acceptors (Lipinski definition) is 2. The van der Waals surface area contributed by atoms with E-state index in [4.69, 9.17) is 4.74 Å². The second-order valence-corrected chi connectivity index (χ2v) is 7.07. The first-order chi connectivity index (χ1) is 8.80. The minimum Gasteiger partial charge on any atom is -0.465 e. The molecule has 0 rings (SSSR count). The van der Waals surface area contributed by atoms with Gasteiger partial charge in [0.05, 0.1) is 12.5 Å². The van der Waals surface area contributed by atoms with Gasteiger partial charge in [-0.25, -0.2) is 0 Å². The highest BCUT2D eigenvalue weighted by Crippen LogP contribution is 2.26. The fourth-order valence-corrected chi connectivity index (χ4v) is 2.57. The Kier molecular flexibility index (Phi) is 9.12. The molecule has 0 aromatic rings. The van der Waals surface area contributed by atoms with Crippen LogP contribution in [0.3, 0.4) is 0 Å². The molecule has 0 N–H and O–H groups in total. The van der Waals surface area contributed by atoms with Gasteiger partial charge in [0, 0.05) is 0 Å². The molecule has 114 valence electrons. The molecule has 0 bridgehead atoms. The Morgan fingerprint density at radius 3 is 2.26 bits per heavy atom. The molecule has 2 unspecified atom stereocenters. The maximum atomic E-state index is 11.9. The lowest BCUT2D eigenvalue weighted by Crippen LogP contribution is -2.19. The lowest BCUT2D eigenvalue weighted by molar-refractivity contribution is -0.149. The van der Waals surface area contributed by atoms with E-state index in [2.05, 4.69) is 41.5 Å². The summed E-state index contributed by atoms with van der Waals surface area (Å²) in [6.45, 7) is 13.8. The Balaban J connectivity index is 3.89. The zero-order chi connectivity index (χ0) is 14.9. The van der Waals surface area contributed by atoms with Crippen LogP contribution in [-0.4, -0.2) is 12.6 Å². The van der Waals surface area contributed by atoms with Crippen molar-refractivity contribution in [2.45, 2.75) is 80.1 Å². The molecule has 19 heavy (non-hydrogen) atoms. The highest BCUT2D eigenvalue weighted by Gasteiger charge is 2.19. The van der Waals surface area contributed by atoms with E-state index >= 15 is 0 Å². The van der Waals surface area contributed by atoms with Gasteiger partial charge >= 0.3 is 5.97 Å². The highest BCUT2D eigenvalue weighted by molar-refractivity contribution is 5.72. The number of rotatable bonds is 9. The Hall–Kier alpha value is -0.530. The Labute approximate surface area is 120 Å². The first kappa shape index (κ1) is 18.5. The van der Waals surface area contributed by atoms with Gasteiger partial charge in [0.1, 0.15) is 0 Å². The van der Waals surface area contributed by atoms with Crippen molar-refractivity contribution >= 4 is 5.97 Å². The number of hydrogen-bond donors (Lipinski definition) is 0. The average Bonchev–Trinajstić information content (AvgIpc) is 2.27. The summed E-state index contributed by atoms with van der Waals surface area (Å²) >= 11 is 0. The molecule has 2 heteroatoms. The van der Waals surface area contributed by atoms with Crippen LogP contribution in [0.15, 0.2) is 0 Å². The van der Waals surface area contributed by atoms with Gasteiger partial charge in [0.2, 0.25) is 0 Å². The van der Waals surface area contributed by atoms with Crippen LogP contribution in [0.25, 0.3) is 0 Å². The third kappa shape index (κ3) is 9.98. The molecule has 0 saturated heterocycles. The number of carbonyl (C=O) groups is 1. The molecule has 2 nitrogen and oxygen atoms in total. The van der Waals surface area contributed by atoms with E-state index in [1.165, 1.54) is 6.42 Å². The van der Waals surface area contributed by atoms with Gasteiger partial charge in [-0.2, -0.15) is 0 Å². The molecule has 0 aromatic carbocycles. The molecule has 0 radical (unpaired) electrons. The van der Waals surface area contributed by atoms with E-state index in [0.29, 0.717) is 17.9 Å². The largest absolute Gasteiger partial charge is 0.465 e. The molecule has 0 amide bonds. The number of esters is 1. The van der Waals surface area contributed by atoms with E-state index < -0.39 is 0 Å². The minimum atomic E-state index is 0.0129. The summed E-state index contributed by atoms with van der Waals surface area (Å²) in [6.07, 6.45) is 6.30. The van der Waals surface area contributed by atoms with Crippen LogP contribution in [0.1, 0.15) is 80.1 Å². The molecule has 0 fully saturated rings. The summed E-state index contributed by atoms with van der Waals surface area (Å²) in [5.41, 5.74) is 0.358. The predicted molar refractivity (Wildman–Crippen MR) is 82.1 cm³/mol. The fraction of sp³-hybridized carbons (Fsp3) is 0.941. The molecule has 2 atom stereocenters. The molecule has 0 aliphatic rings. The maximum Gasteiger partial charge on any atom is 0.308 e. The first-order valence-electron chi connectivity index (χ1n) is 7.96. The van der Waals surface area contributed by atoms with Crippen LogP contribution in [-0.2, 0) is 9.53 Å². The van der Waals surface area contributed by atoms with Crippen molar-refractivity contribution in [3.63, 3.8) is 0 Å². The minimum absolute atomic E-state index is 0.0129. The Morgan fingerprint density at radius 2 is 1.79 bits per heavy atom. The summed E-state index contributed by atoms with van der Waals surface area (Å²) in [5.74, 6) is 0.736. The van der Waals surface area contributed by atoms with Crippen molar-refractivity contribution in [3.8, 4) is 0 Å². The van der Waals surface area contributed by atoms with Gasteiger partial charge in [-0.05, 0) is 37.0 Å². The second-order valence-electron chi connectivity index (χ2n) is 7.07. The second kappa shape index (κ2) is 9.39. The Bertz CT molecular complexity index is 240. The topological polar surface area (TPSA) is 26.3 Å². The van der Waals surface area contributed by atoms with E-state index in [1.807, 2.05) is 0 Å². The highest BCUT2D eigenvalue weighted by atomic mass is 16.5. The lowest BCUT2D eigenvalue weighted by atomic mass is 9.84. The van der Waals surface area contributed by atoms with Crippen molar-refractivity contribution in [1.82, 2.24) is 0 Å². The van der Waals surface area contributed by atoms with Crippen LogP contribution < -0.4 is 0 Å². The molecule has 0 aromatic heterocycles. The smallest absolute Gasteiger partial charge is 0.308 e. The quantitative estimate of drug-likeness (QED) is 0.538. The summed E-state index contributed by atoms with van der Waals surface area (Å²) in [7, 11) is 0. The summed E-state index contributed by atoms with van der Waals surface area (Å²) in [4.78, 5) is 11.9. The van der Waals surface area contributed by atoms with Gasteiger partial charge in [0.25, 0.3) is 0 Å². The van der Waals surface area contributed by atoms with Crippen LogP contribution in [0.4, 0.5) is 0 Å². The number of ether oxygens (including phenoxy) is 1. The molecule has 0 aliphatic carbocycles. The van der Waals surface area contributed by atoms with Crippen LogP contribution in [0.2, 0.25) is 0 Å². The van der Waals surface area contributed by atoms with E-state index in [0.717, 1.165) is 32.1 Å². The molecular formula is C17H34O2. The molecular weight excluding hydrogens is 236 g/mol. The van der Waals surface area contributed by atoms with E-state index in [-0.39, 0.29) is 11.9 Å². The van der Waals surface area contributed by atoms with Crippen molar-refractivity contribution in [3.05, 3.63) is 0 Å². The lowest BCUT2D eigenvalue weighted by Gasteiger charge is -2.23. The average molecular weight is 270 g/mol. The molecule has 0 spiro atoms. The van der Waals surface area contributed by atoms with Crippen LogP contribution in [0, 0.1) is 17.3 Å². The zero-order valence-corrected chi connectivity index (χ0v) is 13.9. The van der Waals surface area contributed by atoms with Gasteiger partial charge in [0.15, 0.2) is 0 Å². The van der Waals surface area contributed by atoms with Gasteiger partial charge in [-0.3, -0.25) is 4.79 Å². The zero-order valence-electron chi connectivity index (χ0n) is 13.9. The molecule has 0 aliphatic heterocycles. The molecule has 0 saturated carbocycles. The standard InChI is InChI=1S/C17H34O2/c1-7-9-10-15(8-2)16(18)19-12-11-14(3)13-17(4,5)6/h14-15H,7-13H2,1-6H3. The van der Waals surface area contributed by atoms with Crippen LogP contribution >= 0.6 is 0 Å². The van der Waals surface area contributed by atoms with Crippen LogP contribution in [0.5, 0.6) is 0 Å². The summed E-state index contributed by atoms with van der Waals surface area (Å²) < 4.78 is 5.44. The number of unbranched alkanes of at least 4 members (excludes halogenated alkanes) is 1. The normalized spacial score (nSPS) is 15.1. The van der Waals surface area contributed by atoms with Crippen molar-refractivity contribution in [2.75, 3.05) is 6.61 Å². The van der Waals surface area contributed by atoms with E-state index in [1.54, 1.807) is 0 Å². The fourth-order valence-electron chi connectivity index (χ4n) is 2.57. The van der Waals surface area contributed by atoms with Gasteiger partial charge < -0.3 is 4.74 Å². The monoisotopic (exact) mass is 270 g/mol. The van der Waals surface area contributed by atoms with Crippen molar-refractivity contribution < 1.29 is 9.53 Å². The van der Waals surface area contributed by atoms with Gasteiger partial charge in [-0.15, -0.1) is 0 Å². The summed E-state index contributed by atoms with van der Waals surface area (Å²) in [5, 5.41) is 0. The number of carbonyl (C=O) groups excluding carboxylic acids is 1. The van der Waals surface area contributed by atoms with E-state index in [9.17, 15) is 4.79 Å².